The first-order chi connectivity index (χ1) is 9.86. The van der Waals surface area contributed by atoms with E-state index in [0.29, 0.717) is 10.6 Å². The number of nitrogens with zero attached hydrogens (tertiary/aromatic N) is 1. The molecule has 0 fully saturated rings. The molecule has 0 saturated carbocycles. The highest BCUT2D eigenvalue weighted by atomic mass is 35.5. The van der Waals surface area contributed by atoms with Crippen LogP contribution in [-0.2, 0) is 22.4 Å². The van der Waals surface area contributed by atoms with E-state index < -0.39 is 10.0 Å². The Morgan fingerprint density at radius 2 is 1.95 bits per heavy atom. The highest BCUT2D eigenvalue weighted by Gasteiger charge is 2.25. The minimum Gasteiger partial charge on any atom is -0.207 e. The molecule has 0 aliphatic rings. The Labute approximate surface area is 143 Å². The predicted octanol–water partition coefficient (Wildman–Crippen LogP) is 4.61. The van der Waals surface area contributed by atoms with Crippen LogP contribution in [0, 0.1) is 0 Å². The van der Waals surface area contributed by atoms with Gasteiger partial charge >= 0.3 is 0 Å². The van der Waals surface area contributed by atoms with Gasteiger partial charge in [0.05, 0.1) is 5.02 Å². The van der Waals surface area contributed by atoms with E-state index in [0.717, 1.165) is 4.88 Å². The lowest BCUT2D eigenvalue weighted by atomic mass is 10.2. The largest absolute Gasteiger partial charge is 0.244 e. The van der Waals surface area contributed by atoms with Crippen LogP contribution in [0.5, 0.6) is 0 Å². The van der Waals surface area contributed by atoms with Crippen molar-refractivity contribution in [3.63, 3.8) is 0 Å². The van der Waals surface area contributed by atoms with Gasteiger partial charge in [-0.15, -0.1) is 22.9 Å². The van der Waals surface area contributed by atoms with Crippen molar-refractivity contribution in [3.8, 4) is 0 Å². The van der Waals surface area contributed by atoms with Gasteiger partial charge in [0.1, 0.15) is 4.90 Å². The zero-order valence-electron chi connectivity index (χ0n) is 11.0. The standard InChI is InChI=1S/C13H12Cl3NO2S2/c1-17(8-10-3-2-4-20-10)21(18,19)13-5-9(7-14)11(15)6-12(13)16/h2-6H,7-8H2,1H3. The molecule has 21 heavy (non-hydrogen) atoms. The minimum absolute atomic E-state index is 0.0169. The summed E-state index contributed by atoms with van der Waals surface area (Å²) < 4.78 is 26.5. The molecule has 0 unspecified atom stereocenters. The third-order valence-electron chi connectivity index (χ3n) is 2.89. The summed E-state index contributed by atoms with van der Waals surface area (Å²) in [6, 6.07) is 6.59. The van der Waals surface area contributed by atoms with Gasteiger partial charge in [0, 0.05) is 29.4 Å². The minimum atomic E-state index is -3.70. The first kappa shape index (κ1) is 17.1. The third-order valence-corrected chi connectivity index (χ3v) is 6.66. The maximum Gasteiger partial charge on any atom is 0.244 e. The second-order valence-electron chi connectivity index (χ2n) is 4.35. The molecule has 1 aromatic carbocycles. The smallest absolute Gasteiger partial charge is 0.207 e. The van der Waals surface area contributed by atoms with E-state index in [1.807, 2.05) is 17.5 Å². The van der Waals surface area contributed by atoms with Crippen molar-refractivity contribution in [3.05, 3.63) is 50.1 Å². The number of rotatable bonds is 5. The van der Waals surface area contributed by atoms with Crippen LogP contribution in [0.25, 0.3) is 0 Å². The first-order valence-corrected chi connectivity index (χ1v) is 9.50. The van der Waals surface area contributed by atoms with Crippen molar-refractivity contribution in [1.29, 1.82) is 0 Å². The van der Waals surface area contributed by atoms with Gasteiger partial charge in [0.15, 0.2) is 0 Å². The predicted molar refractivity (Wildman–Crippen MR) is 89.0 cm³/mol. The molecule has 0 spiro atoms. The Bertz CT molecular complexity index is 730. The number of alkyl halides is 1. The van der Waals surface area contributed by atoms with Gasteiger partial charge in [-0.2, -0.15) is 4.31 Å². The van der Waals surface area contributed by atoms with Crippen LogP contribution in [0.4, 0.5) is 0 Å². The van der Waals surface area contributed by atoms with Crippen LogP contribution >= 0.6 is 46.1 Å². The number of hydrogen-bond donors (Lipinski definition) is 0. The molecule has 0 aliphatic carbocycles. The number of sulfonamides is 1. The SMILES string of the molecule is CN(Cc1cccs1)S(=O)(=O)c1cc(CCl)c(Cl)cc1Cl. The first-order valence-electron chi connectivity index (χ1n) is 5.89. The lowest BCUT2D eigenvalue weighted by Gasteiger charge is -2.18. The van der Waals surface area contributed by atoms with Gasteiger partial charge in [0.2, 0.25) is 10.0 Å². The fourth-order valence-corrected chi connectivity index (χ4v) is 4.86. The van der Waals surface area contributed by atoms with Gasteiger partial charge in [-0.25, -0.2) is 8.42 Å². The fraction of sp³-hybridized carbons (Fsp3) is 0.231. The topological polar surface area (TPSA) is 37.4 Å². The van der Waals surface area contributed by atoms with Crippen LogP contribution in [0.15, 0.2) is 34.5 Å². The van der Waals surface area contributed by atoms with E-state index in [4.69, 9.17) is 34.8 Å². The molecule has 0 amide bonds. The molecule has 0 N–H and O–H groups in total. The molecule has 0 radical (unpaired) electrons. The molecular weight excluding hydrogens is 373 g/mol. The second-order valence-corrected chi connectivity index (χ2v) is 8.48. The Hall–Kier alpha value is -0.300. The van der Waals surface area contributed by atoms with E-state index in [1.54, 1.807) is 0 Å². The molecule has 0 atom stereocenters. The molecule has 1 heterocycles. The Kier molecular flexibility index (Phi) is 5.57. The number of halogens is 3. The molecule has 0 aliphatic heterocycles. The number of hydrogen-bond acceptors (Lipinski definition) is 3. The normalized spacial score (nSPS) is 12.0. The second kappa shape index (κ2) is 6.86. The van der Waals surface area contributed by atoms with E-state index in [1.165, 1.54) is 34.8 Å². The Morgan fingerprint density at radius 1 is 1.24 bits per heavy atom. The number of thiophene rings is 1. The maximum absolute atomic E-state index is 12.6. The van der Waals surface area contributed by atoms with E-state index in [9.17, 15) is 8.42 Å². The van der Waals surface area contributed by atoms with E-state index in [2.05, 4.69) is 0 Å². The molecule has 0 bridgehead atoms. The van der Waals surface area contributed by atoms with Crippen LogP contribution in [0.3, 0.4) is 0 Å². The molecule has 8 heteroatoms. The summed E-state index contributed by atoms with van der Waals surface area (Å²) in [6.45, 7) is 0.287. The monoisotopic (exact) mass is 383 g/mol. The lowest BCUT2D eigenvalue weighted by Crippen LogP contribution is -2.26. The van der Waals surface area contributed by atoms with E-state index in [-0.39, 0.29) is 22.3 Å². The van der Waals surface area contributed by atoms with Crippen molar-refractivity contribution >= 4 is 56.2 Å². The van der Waals surface area contributed by atoms with Crippen LogP contribution in [0.1, 0.15) is 10.4 Å². The fourth-order valence-electron chi connectivity index (χ4n) is 1.75. The van der Waals surface area contributed by atoms with Gasteiger partial charge in [-0.05, 0) is 29.1 Å². The lowest BCUT2D eigenvalue weighted by molar-refractivity contribution is 0.469. The zero-order valence-corrected chi connectivity index (χ0v) is 14.9. The van der Waals surface area contributed by atoms with Crippen molar-refractivity contribution in [2.24, 2.45) is 0 Å². The van der Waals surface area contributed by atoms with Crippen LogP contribution < -0.4 is 0 Å². The van der Waals surface area contributed by atoms with Gasteiger partial charge in [0.25, 0.3) is 0 Å². The van der Waals surface area contributed by atoms with Gasteiger partial charge in [-0.1, -0.05) is 29.3 Å². The molecule has 0 saturated heterocycles. The van der Waals surface area contributed by atoms with Crippen molar-refractivity contribution in [2.75, 3.05) is 7.05 Å². The maximum atomic E-state index is 12.6. The average molecular weight is 385 g/mol. The Morgan fingerprint density at radius 3 is 2.52 bits per heavy atom. The van der Waals surface area contributed by atoms with Gasteiger partial charge in [-0.3, -0.25) is 0 Å². The molecule has 2 aromatic rings. The molecule has 3 nitrogen and oxygen atoms in total. The van der Waals surface area contributed by atoms with Crippen molar-refractivity contribution in [2.45, 2.75) is 17.3 Å². The molecule has 114 valence electrons. The van der Waals surface area contributed by atoms with Crippen molar-refractivity contribution < 1.29 is 8.42 Å². The summed E-state index contributed by atoms with van der Waals surface area (Å²) in [5.41, 5.74) is 0.533. The quantitative estimate of drug-likeness (QED) is 0.706. The Balaban J connectivity index is 2.39. The molecule has 1 aromatic heterocycles. The van der Waals surface area contributed by atoms with Crippen LogP contribution in [-0.4, -0.2) is 19.8 Å². The molecule has 2 rings (SSSR count). The van der Waals surface area contributed by atoms with E-state index >= 15 is 0 Å². The zero-order chi connectivity index (χ0) is 15.6. The van der Waals surface area contributed by atoms with Gasteiger partial charge < -0.3 is 0 Å². The summed E-state index contributed by atoms with van der Waals surface area (Å²) in [7, 11) is -2.19. The highest BCUT2D eigenvalue weighted by Crippen LogP contribution is 2.31. The van der Waals surface area contributed by atoms with Crippen LogP contribution in [0.2, 0.25) is 10.0 Å². The van der Waals surface area contributed by atoms with Crippen molar-refractivity contribution in [1.82, 2.24) is 4.31 Å². The highest BCUT2D eigenvalue weighted by molar-refractivity contribution is 7.89. The average Bonchev–Trinajstić information content (AvgIpc) is 2.91. The number of benzene rings is 1. The molecular formula is C13H12Cl3NO2S2. The third kappa shape index (κ3) is 3.73. The summed E-state index contributed by atoms with van der Waals surface area (Å²) in [5, 5.41) is 2.35. The summed E-state index contributed by atoms with van der Waals surface area (Å²) >= 11 is 19.3. The summed E-state index contributed by atoms with van der Waals surface area (Å²) in [5.74, 6) is 0.118. The summed E-state index contributed by atoms with van der Waals surface area (Å²) in [6.07, 6.45) is 0. The summed E-state index contributed by atoms with van der Waals surface area (Å²) in [4.78, 5) is 0.965.